The molecule has 0 aromatic heterocycles. The molecule has 1 N–H and O–H groups in total. The third kappa shape index (κ3) is 5.73. The quantitative estimate of drug-likeness (QED) is 0.830. The maximum atomic E-state index is 10.6. The van der Waals surface area contributed by atoms with Crippen LogP contribution in [0.5, 0.6) is 5.75 Å². The van der Waals surface area contributed by atoms with Crippen molar-refractivity contribution in [2.24, 2.45) is 0 Å². The number of rotatable bonds is 3. The number of benzene rings is 1. The molecular formula is C12H19NO2. The van der Waals surface area contributed by atoms with Crippen molar-refractivity contribution in [2.75, 3.05) is 7.11 Å². The molecular weight excluding hydrogens is 190 g/mol. The number of carbonyl (C=O) groups is 1. The van der Waals surface area contributed by atoms with Gasteiger partial charge >= 0.3 is 0 Å². The Hall–Kier alpha value is -1.51. The van der Waals surface area contributed by atoms with Crippen LogP contribution >= 0.6 is 0 Å². The Morgan fingerprint density at radius 3 is 2.20 bits per heavy atom. The summed E-state index contributed by atoms with van der Waals surface area (Å²) in [5.74, 6) is 0.808. The fourth-order valence-corrected chi connectivity index (χ4v) is 0.970. The monoisotopic (exact) mass is 209 g/mol. The van der Waals surface area contributed by atoms with Gasteiger partial charge < -0.3 is 10.1 Å². The van der Waals surface area contributed by atoms with Gasteiger partial charge in [0.15, 0.2) is 0 Å². The molecule has 0 heterocycles. The lowest BCUT2D eigenvalue weighted by Crippen LogP contribution is -2.18. The Bertz CT molecular complexity index is 280. The number of methoxy groups -OCH3 is 1. The molecule has 0 radical (unpaired) electrons. The Morgan fingerprint density at radius 1 is 1.27 bits per heavy atom. The van der Waals surface area contributed by atoms with Crippen LogP contribution in [0, 0.1) is 0 Å². The molecule has 3 nitrogen and oxygen atoms in total. The third-order valence-electron chi connectivity index (χ3n) is 1.70. The standard InChI is InChI=1S/C10H13NO2.C2H6/c1-8(12)11-7-9-3-5-10(13-2)6-4-9;1-2/h3-6H,7H2,1-2H3,(H,11,12);1-2H3. The highest BCUT2D eigenvalue weighted by Gasteiger charge is 1.94. The van der Waals surface area contributed by atoms with Gasteiger partial charge in [0.1, 0.15) is 5.75 Å². The zero-order valence-electron chi connectivity index (χ0n) is 9.83. The summed E-state index contributed by atoms with van der Waals surface area (Å²) in [4.78, 5) is 10.6. The largest absolute Gasteiger partial charge is 0.497 e. The molecule has 0 saturated carbocycles. The van der Waals surface area contributed by atoms with Gasteiger partial charge in [-0.2, -0.15) is 0 Å². The van der Waals surface area contributed by atoms with E-state index in [9.17, 15) is 4.79 Å². The van der Waals surface area contributed by atoms with Crippen molar-refractivity contribution in [1.29, 1.82) is 0 Å². The molecule has 0 aliphatic heterocycles. The highest BCUT2D eigenvalue weighted by Crippen LogP contribution is 2.10. The first-order chi connectivity index (χ1) is 7.22. The molecule has 0 spiro atoms. The number of carbonyl (C=O) groups excluding carboxylic acids is 1. The van der Waals surface area contributed by atoms with Crippen LogP contribution in [0.1, 0.15) is 26.3 Å². The van der Waals surface area contributed by atoms with Gasteiger partial charge in [0.25, 0.3) is 0 Å². The van der Waals surface area contributed by atoms with E-state index in [0.29, 0.717) is 6.54 Å². The van der Waals surface area contributed by atoms with E-state index in [0.717, 1.165) is 11.3 Å². The summed E-state index contributed by atoms with van der Waals surface area (Å²) in [6.07, 6.45) is 0. The predicted octanol–water partition coefficient (Wildman–Crippen LogP) is 2.36. The van der Waals surface area contributed by atoms with Crippen molar-refractivity contribution in [1.82, 2.24) is 5.32 Å². The first-order valence-electron chi connectivity index (χ1n) is 5.09. The van der Waals surface area contributed by atoms with Gasteiger partial charge in [-0.1, -0.05) is 26.0 Å². The van der Waals surface area contributed by atoms with Gasteiger partial charge in [0.2, 0.25) is 5.91 Å². The number of ether oxygens (including phenoxy) is 1. The average Bonchev–Trinajstić information content (AvgIpc) is 2.30. The fraction of sp³-hybridized carbons (Fsp3) is 0.417. The van der Waals surface area contributed by atoms with Crippen LogP contribution in [0.2, 0.25) is 0 Å². The lowest BCUT2D eigenvalue weighted by Gasteiger charge is -2.03. The van der Waals surface area contributed by atoms with Crippen LogP contribution in [0.3, 0.4) is 0 Å². The molecule has 84 valence electrons. The van der Waals surface area contributed by atoms with E-state index in [1.807, 2.05) is 38.1 Å². The van der Waals surface area contributed by atoms with Crippen LogP contribution in [0.4, 0.5) is 0 Å². The van der Waals surface area contributed by atoms with Gasteiger partial charge in [0.05, 0.1) is 7.11 Å². The highest BCUT2D eigenvalue weighted by molar-refractivity contribution is 5.72. The molecule has 1 aromatic carbocycles. The van der Waals surface area contributed by atoms with Crippen LogP contribution in [-0.4, -0.2) is 13.0 Å². The van der Waals surface area contributed by atoms with Crippen molar-refractivity contribution in [3.05, 3.63) is 29.8 Å². The number of hydrogen-bond acceptors (Lipinski definition) is 2. The zero-order valence-corrected chi connectivity index (χ0v) is 9.83. The Morgan fingerprint density at radius 2 is 1.80 bits per heavy atom. The van der Waals surface area contributed by atoms with Gasteiger partial charge in [-0.25, -0.2) is 0 Å². The van der Waals surface area contributed by atoms with Crippen molar-refractivity contribution in [3.8, 4) is 5.75 Å². The molecule has 0 bridgehead atoms. The van der Waals surface area contributed by atoms with E-state index in [-0.39, 0.29) is 5.91 Å². The molecule has 3 heteroatoms. The molecule has 1 rings (SSSR count). The normalized spacial score (nSPS) is 8.53. The second-order valence-electron chi connectivity index (χ2n) is 2.76. The number of hydrogen-bond donors (Lipinski definition) is 1. The van der Waals surface area contributed by atoms with Crippen LogP contribution in [0.25, 0.3) is 0 Å². The fourth-order valence-electron chi connectivity index (χ4n) is 0.970. The van der Waals surface area contributed by atoms with Crippen molar-refractivity contribution < 1.29 is 9.53 Å². The smallest absolute Gasteiger partial charge is 0.217 e. The van der Waals surface area contributed by atoms with E-state index in [1.165, 1.54) is 6.92 Å². The minimum absolute atomic E-state index is 0.0178. The average molecular weight is 209 g/mol. The molecule has 0 unspecified atom stereocenters. The second-order valence-corrected chi connectivity index (χ2v) is 2.76. The molecule has 0 fully saturated rings. The molecule has 0 atom stereocenters. The minimum Gasteiger partial charge on any atom is -0.497 e. The molecule has 0 aliphatic rings. The zero-order chi connectivity index (χ0) is 11.7. The predicted molar refractivity (Wildman–Crippen MR) is 61.9 cm³/mol. The summed E-state index contributed by atoms with van der Waals surface area (Å²) in [7, 11) is 1.63. The topological polar surface area (TPSA) is 38.3 Å². The van der Waals surface area contributed by atoms with E-state index in [1.54, 1.807) is 7.11 Å². The van der Waals surface area contributed by atoms with E-state index >= 15 is 0 Å². The van der Waals surface area contributed by atoms with E-state index in [2.05, 4.69) is 5.32 Å². The Balaban J connectivity index is 0.000000921. The summed E-state index contributed by atoms with van der Waals surface area (Å²) in [5.41, 5.74) is 1.07. The summed E-state index contributed by atoms with van der Waals surface area (Å²) < 4.78 is 5.01. The van der Waals surface area contributed by atoms with Crippen LogP contribution in [-0.2, 0) is 11.3 Å². The van der Waals surface area contributed by atoms with Crippen molar-refractivity contribution in [3.63, 3.8) is 0 Å². The number of nitrogens with one attached hydrogen (secondary N) is 1. The van der Waals surface area contributed by atoms with Gasteiger partial charge in [0, 0.05) is 13.5 Å². The summed E-state index contributed by atoms with van der Waals surface area (Å²) in [5, 5.41) is 2.72. The maximum Gasteiger partial charge on any atom is 0.217 e. The highest BCUT2D eigenvalue weighted by atomic mass is 16.5. The van der Waals surface area contributed by atoms with Gasteiger partial charge in [-0.15, -0.1) is 0 Å². The van der Waals surface area contributed by atoms with Gasteiger partial charge in [-0.3, -0.25) is 4.79 Å². The first kappa shape index (κ1) is 13.5. The van der Waals surface area contributed by atoms with Crippen LogP contribution < -0.4 is 10.1 Å². The van der Waals surface area contributed by atoms with Crippen molar-refractivity contribution in [2.45, 2.75) is 27.3 Å². The van der Waals surface area contributed by atoms with E-state index < -0.39 is 0 Å². The molecule has 1 aromatic rings. The summed E-state index contributed by atoms with van der Waals surface area (Å²) in [6, 6.07) is 7.60. The lowest BCUT2D eigenvalue weighted by molar-refractivity contribution is -0.119. The Kier molecular flexibility index (Phi) is 7.06. The minimum atomic E-state index is -0.0178. The van der Waals surface area contributed by atoms with E-state index in [4.69, 9.17) is 4.74 Å². The summed E-state index contributed by atoms with van der Waals surface area (Å²) >= 11 is 0. The molecule has 15 heavy (non-hydrogen) atoms. The molecule has 1 amide bonds. The SMILES string of the molecule is CC.COc1ccc(CNC(C)=O)cc1. The lowest BCUT2D eigenvalue weighted by atomic mass is 10.2. The molecule has 0 saturated heterocycles. The third-order valence-corrected chi connectivity index (χ3v) is 1.70. The van der Waals surface area contributed by atoms with Crippen LogP contribution in [0.15, 0.2) is 24.3 Å². The van der Waals surface area contributed by atoms with Gasteiger partial charge in [-0.05, 0) is 17.7 Å². The number of amides is 1. The molecule has 0 aliphatic carbocycles. The second kappa shape index (κ2) is 7.85. The van der Waals surface area contributed by atoms with Crippen molar-refractivity contribution >= 4 is 5.91 Å². The summed E-state index contributed by atoms with van der Waals surface area (Å²) in [6.45, 7) is 6.07. The Labute approximate surface area is 91.5 Å². The maximum absolute atomic E-state index is 10.6. The first-order valence-corrected chi connectivity index (χ1v) is 5.09.